The molecule has 4 heteroatoms. The minimum absolute atomic E-state index is 0.0163. The maximum absolute atomic E-state index is 11.4. The molecule has 1 N–H and O–H groups in total. The molecule has 0 aromatic rings. The van der Waals surface area contributed by atoms with Crippen molar-refractivity contribution in [1.82, 2.24) is 5.32 Å². The second-order valence-corrected chi connectivity index (χ2v) is 7.10. The fourth-order valence-corrected chi connectivity index (χ4v) is 1.77. The first kappa shape index (κ1) is 12.9. The van der Waals surface area contributed by atoms with Crippen LogP contribution in [-0.2, 0) is 9.84 Å². The van der Waals surface area contributed by atoms with E-state index in [9.17, 15) is 8.42 Å². The van der Waals surface area contributed by atoms with E-state index in [-0.39, 0.29) is 16.5 Å². The summed E-state index contributed by atoms with van der Waals surface area (Å²) in [4.78, 5) is 0. The van der Waals surface area contributed by atoms with Crippen LogP contribution >= 0.6 is 0 Å². The summed E-state index contributed by atoms with van der Waals surface area (Å²) in [6, 6.07) is 0. The Morgan fingerprint density at radius 1 is 1.31 bits per heavy atom. The van der Waals surface area contributed by atoms with E-state index < -0.39 is 9.84 Å². The molecule has 1 atom stereocenters. The van der Waals surface area contributed by atoms with Crippen molar-refractivity contribution in [3.05, 3.63) is 0 Å². The predicted octanol–water partition coefficient (Wildman–Crippen LogP) is 1.20. The van der Waals surface area contributed by atoms with Crippen molar-refractivity contribution in [3.63, 3.8) is 0 Å². The molecule has 0 aliphatic carbocycles. The van der Waals surface area contributed by atoms with Crippen LogP contribution in [0.3, 0.4) is 0 Å². The van der Waals surface area contributed by atoms with Gasteiger partial charge in [0, 0.05) is 17.8 Å². The Hall–Kier alpha value is -0.0900. The Kier molecular flexibility index (Phi) is 4.39. The molecular formula is C9H21NO2S. The van der Waals surface area contributed by atoms with Crippen LogP contribution in [0.25, 0.3) is 0 Å². The van der Waals surface area contributed by atoms with Crippen LogP contribution in [0.15, 0.2) is 0 Å². The largest absolute Gasteiger partial charge is 0.311 e. The van der Waals surface area contributed by atoms with Crippen LogP contribution in [0, 0.1) is 0 Å². The quantitative estimate of drug-likeness (QED) is 0.753. The molecule has 0 aromatic heterocycles. The van der Waals surface area contributed by atoms with Crippen molar-refractivity contribution in [2.75, 3.05) is 12.3 Å². The van der Waals surface area contributed by atoms with Crippen LogP contribution < -0.4 is 5.32 Å². The van der Waals surface area contributed by atoms with E-state index in [2.05, 4.69) is 5.32 Å². The Balaban J connectivity index is 4.11. The molecule has 0 spiro atoms. The molecule has 13 heavy (non-hydrogen) atoms. The third kappa shape index (κ3) is 5.26. The second-order valence-electron chi connectivity index (χ2n) is 4.39. The first-order chi connectivity index (χ1) is 5.69. The van der Waals surface area contributed by atoms with E-state index in [1.165, 1.54) is 0 Å². The number of hydrogen-bond donors (Lipinski definition) is 1. The van der Waals surface area contributed by atoms with Gasteiger partial charge in [0.25, 0.3) is 0 Å². The maximum atomic E-state index is 11.4. The highest BCUT2D eigenvalue weighted by atomic mass is 32.2. The molecule has 0 rings (SSSR count). The zero-order valence-corrected chi connectivity index (χ0v) is 10.0. The van der Waals surface area contributed by atoms with Gasteiger partial charge in [-0.05, 0) is 27.7 Å². The third-order valence-electron chi connectivity index (χ3n) is 1.94. The van der Waals surface area contributed by atoms with E-state index >= 15 is 0 Å². The van der Waals surface area contributed by atoms with Crippen LogP contribution in [0.4, 0.5) is 0 Å². The van der Waals surface area contributed by atoms with Crippen LogP contribution in [0.2, 0.25) is 0 Å². The van der Waals surface area contributed by atoms with Crippen LogP contribution in [-0.4, -0.2) is 31.5 Å². The number of sulfone groups is 1. The van der Waals surface area contributed by atoms with Gasteiger partial charge in [-0.15, -0.1) is 0 Å². The zero-order valence-electron chi connectivity index (χ0n) is 9.22. The second kappa shape index (κ2) is 4.42. The summed E-state index contributed by atoms with van der Waals surface area (Å²) >= 11 is 0. The lowest BCUT2D eigenvalue weighted by molar-refractivity contribution is 0.425. The van der Waals surface area contributed by atoms with Crippen molar-refractivity contribution in [2.24, 2.45) is 0 Å². The van der Waals surface area contributed by atoms with E-state index in [4.69, 9.17) is 0 Å². The summed E-state index contributed by atoms with van der Waals surface area (Å²) in [7, 11) is -2.88. The Bertz CT molecular complexity index is 239. The SMILES string of the molecule is CCS(=O)(=O)C(C)CNC(C)(C)C. The van der Waals surface area contributed by atoms with E-state index in [0.29, 0.717) is 6.54 Å². The molecule has 0 saturated heterocycles. The van der Waals surface area contributed by atoms with E-state index in [1.807, 2.05) is 20.8 Å². The Labute approximate surface area is 81.8 Å². The first-order valence-electron chi connectivity index (χ1n) is 4.65. The maximum Gasteiger partial charge on any atom is 0.153 e. The van der Waals surface area contributed by atoms with Crippen molar-refractivity contribution in [2.45, 2.75) is 45.4 Å². The molecule has 80 valence electrons. The van der Waals surface area contributed by atoms with Crippen LogP contribution in [0.5, 0.6) is 0 Å². The van der Waals surface area contributed by atoms with Crippen molar-refractivity contribution in [3.8, 4) is 0 Å². The molecule has 0 aliphatic heterocycles. The summed E-state index contributed by atoms with van der Waals surface area (Å²) in [6.07, 6.45) is 0. The molecule has 0 bridgehead atoms. The van der Waals surface area contributed by atoms with Gasteiger partial charge in [0.2, 0.25) is 0 Å². The fraction of sp³-hybridized carbons (Fsp3) is 1.00. The fourth-order valence-electron chi connectivity index (χ4n) is 0.861. The van der Waals surface area contributed by atoms with Crippen LogP contribution in [0.1, 0.15) is 34.6 Å². The highest BCUT2D eigenvalue weighted by molar-refractivity contribution is 7.92. The molecule has 0 aromatic carbocycles. The van der Waals surface area contributed by atoms with Gasteiger partial charge in [-0.3, -0.25) is 0 Å². The predicted molar refractivity (Wildman–Crippen MR) is 56.7 cm³/mol. The molecule has 0 amide bonds. The van der Waals surface area contributed by atoms with Gasteiger partial charge in [-0.25, -0.2) is 8.42 Å². The standard InChI is InChI=1S/C9H21NO2S/c1-6-13(11,12)8(2)7-10-9(3,4)5/h8,10H,6-7H2,1-5H3. The molecular weight excluding hydrogens is 186 g/mol. The molecule has 0 fully saturated rings. The Morgan fingerprint density at radius 2 is 1.77 bits per heavy atom. The smallest absolute Gasteiger partial charge is 0.153 e. The van der Waals surface area contributed by atoms with Crippen molar-refractivity contribution in [1.29, 1.82) is 0 Å². The number of hydrogen-bond acceptors (Lipinski definition) is 3. The third-order valence-corrected chi connectivity index (χ3v) is 4.13. The minimum Gasteiger partial charge on any atom is -0.311 e. The summed E-state index contributed by atoms with van der Waals surface area (Å²) < 4.78 is 22.8. The molecule has 1 unspecified atom stereocenters. The Morgan fingerprint density at radius 3 is 2.08 bits per heavy atom. The summed E-state index contributed by atoms with van der Waals surface area (Å²) in [6.45, 7) is 10.0. The topological polar surface area (TPSA) is 46.2 Å². The average Bonchev–Trinajstić information content (AvgIpc) is 1.98. The molecule has 0 radical (unpaired) electrons. The minimum atomic E-state index is -2.88. The number of rotatable bonds is 4. The normalized spacial score (nSPS) is 15.8. The van der Waals surface area contributed by atoms with E-state index in [1.54, 1.807) is 13.8 Å². The zero-order chi connectivity index (χ0) is 10.7. The van der Waals surface area contributed by atoms with Gasteiger partial charge >= 0.3 is 0 Å². The number of nitrogens with one attached hydrogen (secondary N) is 1. The highest BCUT2D eigenvalue weighted by Crippen LogP contribution is 2.04. The average molecular weight is 207 g/mol. The van der Waals surface area contributed by atoms with E-state index in [0.717, 1.165) is 0 Å². The van der Waals surface area contributed by atoms with Gasteiger partial charge in [0.15, 0.2) is 9.84 Å². The lowest BCUT2D eigenvalue weighted by atomic mass is 10.1. The van der Waals surface area contributed by atoms with Crippen molar-refractivity contribution >= 4 is 9.84 Å². The molecule has 0 aliphatic rings. The molecule has 3 nitrogen and oxygen atoms in total. The van der Waals surface area contributed by atoms with Crippen molar-refractivity contribution < 1.29 is 8.42 Å². The van der Waals surface area contributed by atoms with Gasteiger partial charge in [0.05, 0.1) is 5.25 Å². The lowest BCUT2D eigenvalue weighted by Gasteiger charge is -2.23. The summed E-state index contributed by atoms with van der Waals surface area (Å²) in [5, 5.41) is 2.89. The molecule has 0 heterocycles. The van der Waals surface area contributed by atoms with Gasteiger partial charge in [0.1, 0.15) is 0 Å². The summed E-state index contributed by atoms with van der Waals surface area (Å²) in [5.74, 6) is 0.222. The molecule has 0 saturated carbocycles. The highest BCUT2D eigenvalue weighted by Gasteiger charge is 2.20. The summed E-state index contributed by atoms with van der Waals surface area (Å²) in [5.41, 5.74) is -0.0163. The van der Waals surface area contributed by atoms with Gasteiger partial charge < -0.3 is 5.32 Å². The lowest BCUT2D eigenvalue weighted by Crippen LogP contribution is -2.42. The monoisotopic (exact) mass is 207 g/mol. The van der Waals surface area contributed by atoms with Gasteiger partial charge in [-0.1, -0.05) is 6.92 Å². The van der Waals surface area contributed by atoms with Gasteiger partial charge in [-0.2, -0.15) is 0 Å². The first-order valence-corrected chi connectivity index (χ1v) is 6.37.